The van der Waals surface area contributed by atoms with Crippen LogP contribution in [0.4, 0.5) is 4.79 Å². The van der Waals surface area contributed by atoms with Crippen LogP contribution in [-0.4, -0.2) is 66.3 Å². The monoisotopic (exact) mass is 479 g/mol. The molecular formula is C27H33N3O5. The van der Waals surface area contributed by atoms with Gasteiger partial charge in [0, 0.05) is 19.0 Å². The minimum absolute atomic E-state index is 0.0693. The Morgan fingerprint density at radius 2 is 1.63 bits per heavy atom. The maximum absolute atomic E-state index is 13.0. The van der Waals surface area contributed by atoms with E-state index in [4.69, 9.17) is 4.74 Å². The average Bonchev–Trinajstić information content (AvgIpc) is 3.16. The summed E-state index contributed by atoms with van der Waals surface area (Å²) in [6, 6.07) is 15.4. The van der Waals surface area contributed by atoms with Crippen LogP contribution < -0.4 is 10.6 Å². The van der Waals surface area contributed by atoms with Gasteiger partial charge in [0.2, 0.25) is 5.91 Å². The van der Waals surface area contributed by atoms with E-state index in [1.807, 2.05) is 43.4 Å². The van der Waals surface area contributed by atoms with E-state index >= 15 is 0 Å². The molecule has 8 heteroatoms. The van der Waals surface area contributed by atoms with Gasteiger partial charge in [-0.25, -0.2) is 4.79 Å². The Balaban J connectivity index is 1.38. The van der Waals surface area contributed by atoms with E-state index < -0.39 is 23.6 Å². The van der Waals surface area contributed by atoms with E-state index in [-0.39, 0.29) is 24.9 Å². The highest BCUT2D eigenvalue weighted by Gasteiger charge is 2.39. The first-order valence-electron chi connectivity index (χ1n) is 12.2. The highest BCUT2D eigenvalue weighted by molar-refractivity contribution is 5.87. The summed E-state index contributed by atoms with van der Waals surface area (Å²) < 4.78 is 5.59. The lowest BCUT2D eigenvalue weighted by atomic mass is 9.84. The fraction of sp³-hybridized carbons (Fsp3) is 0.444. The number of piperidine rings is 1. The smallest absolute Gasteiger partial charge is 0.407 e. The van der Waals surface area contributed by atoms with Gasteiger partial charge < -0.3 is 25.4 Å². The van der Waals surface area contributed by atoms with Gasteiger partial charge in [-0.15, -0.1) is 0 Å². The molecule has 186 valence electrons. The molecule has 8 nitrogen and oxygen atoms in total. The average molecular weight is 480 g/mol. The van der Waals surface area contributed by atoms with Gasteiger partial charge in [-0.05, 0) is 48.6 Å². The number of carbonyl (C=O) groups is 3. The molecule has 0 spiro atoms. The number of likely N-dealkylation sites (tertiary alicyclic amines) is 1. The van der Waals surface area contributed by atoms with Gasteiger partial charge in [0.05, 0.1) is 12.0 Å². The summed E-state index contributed by atoms with van der Waals surface area (Å²) in [4.78, 5) is 39.3. The van der Waals surface area contributed by atoms with Crippen molar-refractivity contribution in [2.75, 3.05) is 26.7 Å². The summed E-state index contributed by atoms with van der Waals surface area (Å²) in [6.07, 6.45) is 0.642. The molecule has 0 aromatic heterocycles. The molecule has 2 aliphatic rings. The zero-order chi connectivity index (χ0) is 25.0. The fourth-order valence-corrected chi connectivity index (χ4v) is 5.17. The Hall–Kier alpha value is -3.39. The van der Waals surface area contributed by atoms with Crippen molar-refractivity contribution in [1.29, 1.82) is 0 Å². The van der Waals surface area contributed by atoms with Crippen LogP contribution in [0.2, 0.25) is 0 Å². The van der Waals surface area contributed by atoms with Crippen LogP contribution in [0.3, 0.4) is 0 Å². The summed E-state index contributed by atoms with van der Waals surface area (Å²) in [7, 11) is 1.97. The van der Waals surface area contributed by atoms with Gasteiger partial charge in [0.15, 0.2) is 0 Å². The van der Waals surface area contributed by atoms with Crippen LogP contribution in [-0.2, 0) is 14.3 Å². The molecule has 2 aromatic rings. The number of carbonyl (C=O) groups excluding carboxylic acids is 2. The van der Waals surface area contributed by atoms with E-state index in [9.17, 15) is 19.5 Å². The zero-order valence-electron chi connectivity index (χ0n) is 20.3. The summed E-state index contributed by atoms with van der Waals surface area (Å²) in [5, 5.41) is 15.0. The first-order chi connectivity index (χ1) is 16.8. The highest BCUT2D eigenvalue weighted by Crippen LogP contribution is 2.44. The number of hydrogen-bond acceptors (Lipinski definition) is 5. The molecule has 1 atom stereocenters. The van der Waals surface area contributed by atoms with Crippen molar-refractivity contribution in [3.63, 3.8) is 0 Å². The SMILES string of the molecule is CC[C@@H](NC(=O)OCC1c2ccccc2-c2ccccc21)C(=O)NC1(CC(=O)O)CCN(C)CC1. The van der Waals surface area contributed by atoms with Crippen LogP contribution in [0.5, 0.6) is 0 Å². The third-order valence-corrected chi connectivity index (χ3v) is 7.18. The Bertz CT molecular complexity index is 1050. The Labute approximate surface area is 205 Å². The number of ether oxygens (including phenoxy) is 1. The zero-order valence-corrected chi connectivity index (χ0v) is 20.3. The Kier molecular flexibility index (Phi) is 7.40. The molecule has 1 fully saturated rings. The highest BCUT2D eigenvalue weighted by atomic mass is 16.5. The maximum atomic E-state index is 13.0. The number of benzene rings is 2. The predicted octanol–water partition coefficient (Wildman–Crippen LogP) is 3.36. The molecule has 2 amide bonds. The number of amides is 2. The predicted molar refractivity (Wildman–Crippen MR) is 132 cm³/mol. The number of alkyl carbamates (subject to hydrolysis) is 1. The van der Waals surface area contributed by atoms with Gasteiger partial charge in [-0.1, -0.05) is 55.5 Å². The molecule has 1 saturated heterocycles. The third-order valence-electron chi connectivity index (χ3n) is 7.18. The molecule has 1 aliphatic heterocycles. The van der Waals surface area contributed by atoms with Crippen molar-refractivity contribution in [1.82, 2.24) is 15.5 Å². The molecule has 4 rings (SSSR count). The minimum atomic E-state index is -0.951. The molecular weight excluding hydrogens is 446 g/mol. The van der Waals surface area contributed by atoms with Gasteiger partial charge in [0.1, 0.15) is 12.6 Å². The molecule has 35 heavy (non-hydrogen) atoms. The van der Waals surface area contributed by atoms with E-state index in [0.29, 0.717) is 32.4 Å². The van der Waals surface area contributed by atoms with Crippen LogP contribution in [0, 0.1) is 0 Å². The third kappa shape index (κ3) is 5.48. The number of carboxylic acids is 1. The normalized spacial score (nSPS) is 17.7. The molecule has 0 saturated carbocycles. The number of aliphatic carboxylic acids is 1. The molecule has 1 heterocycles. The molecule has 1 aliphatic carbocycles. The van der Waals surface area contributed by atoms with Crippen LogP contribution in [0.25, 0.3) is 11.1 Å². The minimum Gasteiger partial charge on any atom is -0.481 e. The van der Waals surface area contributed by atoms with Crippen LogP contribution in [0.15, 0.2) is 48.5 Å². The second-order valence-electron chi connectivity index (χ2n) is 9.57. The van der Waals surface area contributed by atoms with Crippen molar-refractivity contribution < 1.29 is 24.2 Å². The van der Waals surface area contributed by atoms with Crippen LogP contribution >= 0.6 is 0 Å². The van der Waals surface area contributed by atoms with Crippen LogP contribution in [0.1, 0.15) is 49.7 Å². The number of fused-ring (bicyclic) bond motifs is 3. The summed E-state index contributed by atoms with van der Waals surface area (Å²) >= 11 is 0. The van der Waals surface area contributed by atoms with Gasteiger partial charge >= 0.3 is 12.1 Å². The Morgan fingerprint density at radius 3 is 2.17 bits per heavy atom. The quantitative estimate of drug-likeness (QED) is 0.536. The van der Waals surface area contributed by atoms with Gasteiger partial charge in [0.25, 0.3) is 0 Å². The first kappa shape index (κ1) is 24.7. The van der Waals surface area contributed by atoms with E-state index in [1.165, 1.54) is 0 Å². The number of rotatable bonds is 8. The van der Waals surface area contributed by atoms with Gasteiger partial charge in [-0.3, -0.25) is 9.59 Å². The number of nitrogens with one attached hydrogen (secondary N) is 2. The molecule has 2 aromatic carbocycles. The van der Waals surface area contributed by atoms with Crippen molar-refractivity contribution in [3.05, 3.63) is 59.7 Å². The molecule has 3 N–H and O–H groups in total. The lowest BCUT2D eigenvalue weighted by molar-refractivity contribution is -0.140. The number of carboxylic acid groups (broad SMARTS) is 1. The van der Waals surface area contributed by atoms with E-state index in [1.54, 1.807) is 6.92 Å². The van der Waals surface area contributed by atoms with Crippen molar-refractivity contribution in [2.45, 2.75) is 50.1 Å². The van der Waals surface area contributed by atoms with Crippen molar-refractivity contribution in [2.24, 2.45) is 0 Å². The number of hydrogen-bond donors (Lipinski definition) is 3. The lowest BCUT2D eigenvalue weighted by Gasteiger charge is -2.41. The summed E-state index contributed by atoms with van der Waals surface area (Å²) in [6.45, 7) is 3.36. The second-order valence-corrected chi connectivity index (χ2v) is 9.57. The fourth-order valence-electron chi connectivity index (χ4n) is 5.17. The Morgan fingerprint density at radius 1 is 1.06 bits per heavy atom. The molecule has 0 unspecified atom stereocenters. The van der Waals surface area contributed by atoms with E-state index in [0.717, 1.165) is 22.3 Å². The summed E-state index contributed by atoms with van der Waals surface area (Å²) in [5.74, 6) is -1.40. The lowest BCUT2D eigenvalue weighted by Crippen LogP contribution is -2.59. The van der Waals surface area contributed by atoms with Crippen molar-refractivity contribution in [3.8, 4) is 11.1 Å². The number of nitrogens with zero attached hydrogens (tertiary/aromatic N) is 1. The molecule has 0 radical (unpaired) electrons. The summed E-state index contributed by atoms with van der Waals surface area (Å²) in [5.41, 5.74) is 3.70. The second kappa shape index (κ2) is 10.5. The maximum Gasteiger partial charge on any atom is 0.407 e. The first-order valence-corrected chi connectivity index (χ1v) is 12.2. The van der Waals surface area contributed by atoms with E-state index in [2.05, 4.69) is 27.7 Å². The topological polar surface area (TPSA) is 108 Å². The standard InChI is InChI=1S/C27H33N3O5/c1-3-23(25(33)29-27(16-24(31)32)12-14-30(2)15-13-27)28-26(34)35-17-22-20-10-6-4-8-18(20)19-9-5-7-11-21(19)22/h4-11,22-23H,3,12-17H2,1-2H3,(H,28,34)(H,29,33)(H,31,32)/t23-/m1/s1. The van der Waals surface area contributed by atoms with Crippen molar-refractivity contribution >= 4 is 18.0 Å². The molecule has 0 bridgehead atoms. The van der Waals surface area contributed by atoms with Gasteiger partial charge in [-0.2, -0.15) is 0 Å². The largest absolute Gasteiger partial charge is 0.481 e.